The maximum atomic E-state index is 12.9. The normalized spacial score (nSPS) is 13.5. The van der Waals surface area contributed by atoms with Crippen LogP contribution in [0.2, 0.25) is 0 Å². The van der Waals surface area contributed by atoms with Crippen LogP contribution in [-0.2, 0) is 6.54 Å². The molecule has 0 bridgehead atoms. The van der Waals surface area contributed by atoms with Gasteiger partial charge >= 0.3 is 0 Å². The number of ether oxygens (including phenoxy) is 2. The Kier molecular flexibility index (Phi) is 4.24. The van der Waals surface area contributed by atoms with Gasteiger partial charge in [-0.05, 0) is 30.7 Å². The zero-order valence-electron chi connectivity index (χ0n) is 14.9. The van der Waals surface area contributed by atoms with E-state index in [2.05, 4.69) is 15.5 Å². The summed E-state index contributed by atoms with van der Waals surface area (Å²) in [6.07, 6.45) is 0.986. The summed E-state index contributed by atoms with van der Waals surface area (Å²) in [5.74, 6) is 2.06. The van der Waals surface area contributed by atoms with Crippen molar-refractivity contribution in [2.75, 3.05) is 32.2 Å². The van der Waals surface area contributed by atoms with Crippen molar-refractivity contribution in [2.24, 2.45) is 0 Å². The van der Waals surface area contributed by atoms with Gasteiger partial charge in [0.25, 0.3) is 0 Å². The number of anilines is 1. The minimum absolute atomic E-state index is 0.00464. The van der Waals surface area contributed by atoms with Crippen molar-refractivity contribution >= 4 is 22.8 Å². The van der Waals surface area contributed by atoms with E-state index in [0.29, 0.717) is 17.1 Å². The Morgan fingerprint density at radius 3 is 2.77 bits per heavy atom. The maximum Gasteiger partial charge on any atom is 0.206 e. The fourth-order valence-electron chi connectivity index (χ4n) is 3.48. The highest BCUT2D eigenvalue weighted by molar-refractivity contribution is 6.01. The van der Waals surface area contributed by atoms with E-state index in [-0.39, 0.29) is 12.3 Å². The molecule has 1 aromatic heterocycles. The van der Waals surface area contributed by atoms with E-state index in [1.807, 2.05) is 18.2 Å². The summed E-state index contributed by atoms with van der Waals surface area (Å²) in [4.78, 5) is 19.7. The Hall–Kier alpha value is -3.02. The molecule has 2 aromatic carbocycles. The number of methoxy groups -OCH3 is 2. The number of rotatable bonds is 5. The number of aromatic nitrogens is 2. The third-order valence-corrected chi connectivity index (χ3v) is 4.77. The number of ketones is 1. The molecular formula is C20H21N3O3. The third-order valence-electron chi connectivity index (χ3n) is 4.77. The average molecular weight is 351 g/mol. The lowest BCUT2D eigenvalue weighted by atomic mass is 10.1. The Bertz CT molecular complexity index is 964. The van der Waals surface area contributed by atoms with Crippen LogP contribution >= 0.6 is 0 Å². The van der Waals surface area contributed by atoms with E-state index < -0.39 is 0 Å². The van der Waals surface area contributed by atoms with Crippen LogP contribution in [0, 0.1) is 0 Å². The topological polar surface area (TPSA) is 56.6 Å². The first kappa shape index (κ1) is 16.4. The molecule has 0 radical (unpaired) electrons. The number of hydrogen-bond donors (Lipinski definition) is 0. The molecule has 0 atom stereocenters. The van der Waals surface area contributed by atoms with Gasteiger partial charge in [0.1, 0.15) is 11.5 Å². The number of fused-ring (bicyclic) bond motifs is 3. The van der Waals surface area contributed by atoms with Crippen molar-refractivity contribution in [3.05, 3.63) is 48.0 Å². The number of Topliss-reactive ketones (excluding diaryl/α,β-unsaturated/α-hetero) is 1. The summed E-state index contributed by atoms with van der Waals surface area (Å²) >= 11 is 0. The SMILES string of the molecule is COc1ccc(C(=O)CN2CCCn3c2nc2ccccc23)c(OC)c1. The molecule has 1 aliphatic rings. The molecule has 0 N–H and O–H groups in total. The van der Waals surface area contributed by atoms with Gasteiger partial charge in [0.05, 0.1) is 37.4 Å². The lowest BCUT2D eigenvalue weighted by Gasteiger charge is -2.28. The molecule has 4 rings (SSSR count). The van der Waals surface area contributed by atoms with Gasteiger partial charge in [0.15, 0.2) is 5.78 Å². The van der Waals surface area contributed by atoms with Crippen molar-refractivity contribution in [2.45, 2.75) is 13.0 Å². The first-order valence-electron chi connectivity index (χ1n) is 8.66. The zero-order chi connectivity index (χ0) is 18.1. The molecule has 26 heavy (non-hydrogen) atoms. The van der Waals surface area contributed by atoms with Crippen molar-refractivity contribution in [1.29, 1.82) is 0 Å². The lowest BCUT2D eigenvalue weighted by Crippen LogP contribution is -2.36. The van der Waals surface area contributed by atoms with E-state index in [4.69, 9.17) is 14.5 Å². The lowest BCUT2D eigenvalue weighted by molar-refractivity contribution is 0.0994. The molecule has 0 saturated heterocycles. The van der Waals surface area contributed by atoms with Crippen LogP contribution in [0.5, 0.6) is 11.5 Å². The van der Waals surface area contributed by atoms with Crippen LogP contribution < -0.4 is 14.4 Å². The van der Waals surface area contributed by atoms with Crippen LogP contribution in [0.25, 0.3) is 11.0 Å². The first-order chi connectivity index (χ1) is 12.7. The second-order valence-corrected chi connectivity index (χ2v) is 6.32. The molecule has 2 heterocycles. The van der Waals surface area contributed by atoms with Gasteiger partial charge in [-0.25, -0.2) is 4.98 Å². The molecule has 0 saturated carbocycles. The van der Waals surface area contributed by atoms with E-state index in [0.717, 1.165) is 36.5 Å². The predicted octanol–water partition coefficient (Wildman–Crippen LogP) is 3.15. The first-order valence-corrected chi connectivity index (χ1v) is 8.66. The van der Waals surface area contributed by atoms with Crippen molar-refractivity contribution in [3.63, 3.8) is 0 Å². The van der Waals surface area contributed by atoms with E-state index in [9.17, 15) is 4.79 Å². The second-order valence-electron chi connectivity index (χ2n) is 6.32. The number of benzene rings is 2. The molecule has 6 nitrogen and oxygen atoms in total. The van der Waals surface area contributed by atoms with Crippen LogP contribution in [0.3, 0.4) is 0 Å². The number of aryl methyl sites for hydroxylation is 1. The summed E-state index contributed by atoms with van der Waals surface area (Å²) in [5, 5.41) is 0. The van der Waals surface area contributed by atoms with Gasteiger partial charge in [-0.3, -0.25) is 4.79 Å². The average Bonchev–Trinajstić information content (AvgIpc) is 3.07. The highest BCUT2D eigenvalue weighted by Gasteiger charge is 2.24. The number of hydrogen-bond acceptors (Lipinski definition) is 5. The summed E-state index contributed by atoms with van der Waals surface area (Å²) in [6.45, 7) is 2.01. The smallest absolute Gasteiger partial charge is 0.206 e. The van der Waals surface area contributed by atoms with Crippen LogP contribution in [-0.4, -0.2) is 42.6 Å². The van der Waals surface area contributed by atoms with E-state index in [1.54, 1.807) is 32.4 Å². The second kappa shape index (κ2) is 6.71. The molecule has 0 spiro atoms. The van der Waals surface area contributed by atoms with Crippen LogP contribution in [0.4, 0.5) is 5.95 Å². The Morgan fingerprint density at radius 1 is 1.12 bits per heavy atom. The van der Waals surface area contributed by atoms with E-state index >= 15 is 0 Å². The summed E-state index contributed by atoms with van der Waals surface area (Å²) in [5.41, 5.74) is 2.63. The highest BCUT2D eigenvalue weighted by atomic mass is 16.5. The highest BCUT2D eigenvalue weighted by Crippen LogP contribution is 2.28. The van der Waals surface area contributed by atoms with Crippen LogP contribution in [0.1, 0.15) is 16.8 Å². The molecule has 0 amide bonds. The molecule has 0 fully saturated rings. The van der Waals surface area contributed by atoms with Crippen molar-refractivity contribution in [1.82, 2.24) is 9.55 Å². The molecule has 0 unspecified atom stereocenters. The number of imidazole rings is 1. The van der Waals surface area contributed by atoms with Gasteiger partial charge in [-0.1, -0.05) is 12.1 Å². The fourth-order valence-corrected chi connectivity index (χ4v) is 3.48. The third kappa shape index (κ3) is 2.77. The fraction of sp³-hybridized carbons (Fsp3) is 0.300. The van der Waals surface area contributed by atoms with Crippen LogP contribution in [0.15, 0.2) is 42.5 Å². The number of carbonyl (C=O) groups is 1. The summed E-state index contributed by atoms with van der Waals surface area (Å²) in [6, 6.07) is 13.4. The maximum absolute atomic E-state index is 12.9. The van der Waals surface area contributed by atoms with Gasteiger partial charge in [0.2, 0.25) is 5.95 Å². The van der Waals surface area contributed by atoms with E-state index in [1.165, 1.54) is 0 Å². The largest absolute Gasteiger partial charge is 0.497 e. The molecular weight excluding hydrogens is 330 g/mol. The molecule has 6 heteroatoms. The monoisotopic (exact) mass is 351 g/mol. The molecule has 1 aliphatic heterocycles. The van der Waals surface area contributed by atoms with Gasteiger partial charge < -0.3 is 18.9 Å². The van der Waals surface area contributed by atoms with Gasteiger partial charge in [-0.2, -0.15) is 0 Å². The summed E-state index contributed by atoms with van der Waals surface area (Å²) < 4.78 is 12.8. The Morgan fingerprint density at radius 2 is 1.96 bits per heavy atom. The predicted molar refractivity (Wildman–Crippen MR) is 100 cm³/mol. The molecule has 0 aliphatic carbocycles. The van der Waals surface area contributed by atoms with Gasteiger partial charge in [-0.15, -0.1) is 0 Å². The number of nitrogens with zero attached hydrogens (tertiary/aromatic N) is 3. The molecule has 134 valence electrons. The number of para-hydroxylation sites is 2. The zero-order valence-corrected chi connectivity index (χ0v) is 14.9. The molecule has 3 aromatic rings. The minimum Gasteiger partial charge on any atom is -0.497 e. The number of carbonyl (C=O) groups excluding carboxylic acids is 1. The quantitative estimate of drug-likeness (QED) is 0.661. The van der Waals surface area contributed by atoms with Crippen molar-refractivity contribution in [3.8, 4) is 11.5 Å². The minimum atomic E-state index is 0.00464. The van der Waals surface area contributed by atoms with Gasteiger partial charge in [0, 0.05) is 19.2 Å². The standard InChI is InChI=1S/C20H21N3O3/c1-25-14-8-9-15(19(12-14)26-2)18(24)13-22-10-5-11-23-17-7-4-3-6-16(17)21-20(22)23/h3-4,6-9,12H,5,10-11,13H2,1-2H3. The summed E-state index contributed by atoms with van der Waals surface area (Å²) in [7, 11) is 3.15. The Balaban J connectivity index is 1.64. The Labute approximate surface area is 152 Å². The van der Waals surface area contributed by atoms with Crippen molar-refractivity contribution < 1.29 is 14.3 Å².